The highest BCUT2D eigenvalue weighted by Crippen LogP contribution is 2.24. The summed E-state index contributed by atoms with van der Waals surface area (Å²) in [4.78, 5) is 0.149. The van der Waals surface area contributed by atoms with Gasteiger partial charge in [-0.05, 0) is 18.2 Å². The Bertz CT molecular complexity index is 603. The highest BCUT2D eigenvalue weighted by atomic mass is 32.2. The van der Waals surface area contributed by atoms with Crippen molar-refractivity contribution in [1.82, 2.24) is 10.2 Å². The SMILES string of the molecule is CS(=O)(=O)c1ccc(-c2ccn[nH]2)cc1N. The zero-order valence-corrected chi connectivity index (χ0v) is 9.45. The number of hydrogen-bond acceptors (Lipinski definition) is 4. The number of nitrogen functional groups attached to an aromatic ring is 1. The molecule has 0 radical (unpaired) electrons. The molecule has 84 valence electrons. The second-order valence-electron chi connectivity index (χ2n) is 3.50. The van der Waals surface area contributed by atoms with Gasteiger partial charge in [0.1, 0.15) is 0 Å². The number of nitrogens with two attached hydrogens (primary N) is 1. The van der Waals surface area contributed by atoms with E-state index in [1.54, 1.807) is 24.4 Å². The fourth-order valence-corrected chi connectivity index (χ4v) is 2.27. The first-order valence-corrected chi connectivity index (χ1v) is 6.47. The van der Waals surface area contributed by atoms with Crippen molar-refractivity contribution in [3.05, 3.63) is 30.5 Å². The minimum Gasteiger partial charge on any atom is -0.398 e. The lowest BCUT2D eigenvalue weighted by molar-refractivity contribution is 0.602. The molecular formula is C10H11N3O2S. The molecule has 16 heavy (non-hydrogen) atoms. The molecule has 0 saturated carbocycles. The second kappa shape index (κ2) is 3.64. The van der Waals surface area contributed by atoms with Crippen molar-refractivity contribution >= 4 is 15.5 Å². The van der Waals surface area contributed by atoms with Crippen LogP contribution >= 0.6 is 0 Å². The van der Waals surface area contributed by atoms with Crippen LogP contribution in [-0.2, 0) is 9.84 Å². The maximum atomic E-state index is 11.4. The van der Waals surface area contributed by atoms with Crippen LogP contribution in [0.4, 0.5) is 5.69 Å². The largest absolute Gasteiger partial charge is 0.398 e. The van der Waals surface area contributed by atoms with Crippen molar-refractivity contribution < 1.29 is 8.42 Å². The number of benzene rings is 1. The van der Waals surface area contributed by atoms with Gasteiger partial charge in [-0.25, -0.2) is 8.42 Å². The van der Waals surface area contributed by atoms with E-state index < -0.39 is 9.84 Å². The third kappa shape index (κ3) is 1.92. The number of anilines is 1. The van der Waals surface area contributed by atoms with Crippen LogP contribution in [0.25, 0.3) is 11.3 Å². The van der Waals surface area contributed by atoms with Crippen molar-refractivity contribution in [3.63, 3.8) is 0 Å². The second-order valence-corrected chi connectivity index (χ2v) is 5.48. The van der Waals surface area contributed by atoms with Gasteiger partial charge in [0.2, 0.25) is 0 Å². The van der Waals surface area contributed by atoms with Gasteiger partial charge >= 0.3 is 0 Å². The first-order chi connectivity index (χ1) is 7.48. The molecule has 1 aromatic carbocycles. The summed E-state index contributed by atoms with van der Waals surface area (Å²) in [5, 5.41) is 6.60. The predicted octanol–water partition coefficient (Wildman–Crippen LogP) is 1.06. The van der Waals surface area contributed by atoms with Crippen LogP contribution in [0, 0.1) is 0 Å². The third-order valence-corrected chi connectivity index (χ3v) is 3.39. The van der Waals surface area contributed by atoms with E-state index in [0.717, 1.165) is 17.5 Å². The Balaban J connectivity index is 2.53. The average Bonchev–Trinajstić information content (AvgIpc) is 2.68. The molecule has 0 aliphatic heterocycles. The van der Waals surface area contributed by atoms with Gasteiger partial charge in [0.15, 0.2) is 9.84 Å². The molecule has 0 saturated heterocycles. The van der Waals surface area contributed by atoms with E-state index >= 15 is 0 Å². The topological polar surface area (TPSA) is 88.8 Å². The van der Waals surface area contributed by atoms with E-state index in [1.807, 2.05) is 0 Å². The van der Waals surface area contributed by atoms with Crippen molar-refractivity contribution in [1.29, 1.82) is 0 Å². The van der Waals surface area contributed by atoms with Crippen LogP contribution in [0.1, 0.15) is 0 Å². The molecule has 0 amide bonds. The zero-order valence-electron chi connectivity index (χ0n) is 8.64. The molecule has 6 heteroatoms. The Morgan fingerprint density at radius 3 is 2.56 bits per heavy atom. The summed E-state index contributed by atoms with van der Waals surface area (Å²) in [7, 11) is -3.27. The van der Waals surface area contributed by atoms with Crippen LogP contribution in [0.15, 0.2) is 35.4 Å². The van der Waals surface area contributed by atoms with Crippen molar-refractivity contribution in [2.24, 2.45) is 0 Å². The molecule has 2 rings (SSSR count). The minimum atomic E-state index is -3.27. The standard InChI is InChI=1S/C10H11N3O2S/c1-16(14,15)10-3-2-7(6-8(10)11)9-4-5-12-13-9/h2-6H,11H2,1H3,(H,12,13). The molecule has 0 bridgehead atoms. The molecule has 3 N–H and O–H groups in total. The van der Waals surface area contributed by atoms with Crippen LogP contribution in [0.3, 0.4) is 0 Å². The maximum absolute atomic E-state index is 11.4. The van der Waals surface area contributed by atoms with E-state index in [4.69, 9.17) is 5.73 Å². The number of aromatic nitrogens is 2. The summed E-state index contributed by atoms with van der Waals surface area (Å²) in [5.41, 5.74) is 7.55. The van der Waals surface area contributed by atoms with Crippen LogP contribution in [0.5, 0.6) is 0 Å². The Kier molecular flexibility index (Phi) is 2.43. The molecule has 1 heterocycles. The van der Waals surface area contributed by atoms with Gasteiger partial charge in [0, 0.05) is 18.0 Å². The summed E-state index contributed by atoms with van der Waals surface area (Å²) in [6.45, 7) is 0. The van der Waals surface area contributed by atoms with Gasteiger partial charge in [-0.2, -0.15) is 5.10 Å². The monoisotopic (exact) mass is 237 g/mol. The van der Waals surface area contributed by atoms with Gasteiger partial charge in [-0.3, -0.25) is 5.10 Å². The summed E-state index contributed by atoms with van der Waals surface area (Å²) >= 11 is 0. The van der Waals surface area contributed by atoms with Gasteiger partial charge in [-0.15, -0.1) is 0 Å². The summed E-state index contributed by atoms with van der Waals surface area (Å²) in [6, 6.07) is 6.60. The normalized spacial score (nSPS) is 11.6. The molecule has 0 spiro atoms. The fourth-order valence-electron chi connectivity index (χ4n) is 1.47. The van der Waals surface area contributed by atoms with Crippen molar-refractivity contribution in [3.8, 4) is 11.3 Å². The first kappa shape index (κ1) is 10.7. The Morgan fingerprint density at radius 1 is 1.31 bits per heavy atom. The summed E-state index contributed by atoms with van der Waals surface area (Å²) in [6.07, 6.45) is 2.75. The molecule has 5 nitrogen and oxygen atoms in total. The molecule has 0 fully saturated rings. The lowest BCUT2D eigenvalue weighted by Gasteiger charge is -2.05. The number of sulfone groups is 1. The number of rotatable bonds is 2. The minimum absolute atomic E-state index is 0.149. The Hall–Kier alpha value is -1.82. The van der Waals surface area contributed by atoms with Gasteiger partial charge in [0.05, 0.1) is 16.3 Å². The average molecular weight is 237 g/mol. The lowest BCUT2D eigenvalue weighted by Crippen LogP contribution is -2.02. The molecule has 0 unspecified atom stereocenters. The van der Waals surface area contributed by atoms with Gasteiger partial charge < -0.3 is 5.73 Å². The molecule has 1 aromatic heterocycles. The lowest BCUT2D eigenvalue weighted by atomic mass is 10.1. The number of nitrogens with one attached hydrogen (secondary N) is 1. The maximum Gasteiger partial charge on any atom is 0.177 e. The molecule has 2 aromatic rings. The summed E-state index contributed by atoms with van der Waals surface area (Å²) in [5.74, 6) is 0. The van der Waals surface area contributed by atoms with E-state index in [0.29, 0.717) is 0 Å². The number of H-pyrrole nitrogens is 1. The molecular weight excluding hydrogens is 226 g/mol. The van der Waals surface area contributed by atoms with Crippen molar-refractivity contribution in [2.45, 2.75) is 4.90 Å². The smallest absolute Gasteiger partial charge is 0.177 e. The predicted molar refractivity (Wildman–Crippen MR) is 61.5 cm³/mol. The molecule has 0 aliphatic carbocycles. The highest BCUT2D eigenvalue weighted by Gasteiger charge is 2.12. The van der Waals surface area contributed by atoms with Gasteiger partial charge in [-0.1, -0.05) is 6.07 Å². The summed E-state index contributed by atoms with van der Waals surface area (Å²) < 4.78 is 22.7. The fraction of sp³-hybridized carbons (Fsp3) is 0.100. The van der Waals surface area contributed by atoms with Crippen molar-refractivity contribution in [2.75, 3.05) is 12.0 Å². The van der Waals surface area contributed by atoms with E-state index in [2.05, 4.69) is 10.2 Å². The van der Waals surface area contributed by atoms with E-state index in [1.165, 1.54) is 6.07 Å². The third-order valence-electron chi connectivity index (χ3n) is 2.22. The first-order valence-electron chi connectivity index (χ1n) is 4.58. The number of nitrogens with zero attached hydrogens (tertiary/aromatic N) is 1. The van der Waals surface area contributed by atoms with Crippen LogP contribution < -0.4 is 5.73 Å². The Morgan fingerprint density at radius 2 is 2.06 bits per heavy atom. The van der Waals surface area contributed by atoms with E-state index in [9.17, 15) is 8.42 Å². The number of aromatic amines is 1. The van der Waals surface area contributed by atoms with Gasteiger partial charge in [0.25, 0.3) is 0 Å². The van der Waals surface area contributed by atoms with E-state index in [-0.39, 0.29) is 10.6 Å². The Labute approximate surface area is 93.2 Å². The number of hydrogen-bond donors (Lipinski definition) is 2. The highest BCUT2D eigenvalue weighted by molar-refractivity contribution is 7.90. The zero-order chi connectivity index (χ0) is 11.8. The molecule has 0 atom stereocenters. The molecule has 0 aliphatic rings. The van der Waals surface area contributed by atoms with Crippen LogP contribution in [-0.4, -0.2) is 24.9 Å². The quantitative estimate of drug-likeness (QED) is 0.764. The van der Waals surface area contributed by atoms with Crippen LogP contribution in [0.2, 0.25) is 0 Å².